The molecule has 1 saturated heterocycles. The fraction of sp³-hybridized carbons (Fsp3) is 0.588. The molecule has 1 heterocycles. The molecule has 1 aliphatic carbocycles. The molecule has 1 saturated carbocycles. The molecule has 3 N–H and O–H groups in total. The van der Waals surface area contributed by atoms with E-state index < -0.39 is 6.04 Å². The fourth-order valence-corrected chi connectivity index (χ4v) is 3.58. The maximum atomic E-state index is 12.9. The van der Waals surface area contributed by atoms with Crippen molar-refractivity contribution in [2.75, 3.05) is 32.8 Å². The molecule has 132 valence electrons. The summed E-state index contributed by atoms with van der Waals surface area (Å²) in [6.45, 7) is 3.08. The van der Waals surface area contributed by atoms with Gasteiger partial charge in [0, 0.05) is 35.7 Å². The Morgan fingerprint density at radius 3 is 2.67 bits per heavy atom. The third-order valence-electron chi connectivity index (χ3n) is 4.66. The SMILES string of the molecule is NC(CNC(=O)C(c1ccc(Cl)cc1Cl)N1CCOCC1)C1CC1. The van der Waals surface area contributed by atoms with E-state index >= 15 is 0 Å². The lowest BCUT2D eigenvalue weighted by Crippen LogP contribution is -2.48. The number of nitrogens with zero attached hydrogens (tertiary/aromatic N) is 1. The third-order valence-corrected chi connectivity index (χ3v) is 5.22. The Labute approximate surface area is 152 Å². The zero-order chi connectivity index (χ0) is 17.1. The van der Waals surface area contributed by atoms with Gasteiger partial charge in [0.05, 0.1) is 13.2 Å². The van der Waals surface area contributed by atoms with Crippen molar-refractivity contribution in [3.63, 3.8) is 0 Å². The van der Waals surface area contributed by atoms with E-state index in [1.807, 2.05) is 6.07 Å². The van der Waals surface area contributed by atoms with Gasteiger partial charge in [-0.25, -0.2) is 0 Å². The van der Waals surface area contributed by atoms with Crippen LogP contribution in [0.1, 0.15) is 24.4 Å². The molecule has 7 heteroatoms. The van der Waals surface area contributed by atoms with Crippen LogP contribution in [0, 0.1) is 5.92 Å². The summed E-state index contributed by atoms with van der Waals surface area (Å²) < 4.78 is 5.41. The smallest absolute Gasteiger partial charge is 0.242 e. The Morgan fingerprint density at radius 1 is 1.33 bits per heavy atom. The number of carbonyl (C=O) groups is 1. The maximum Gasteiger partial charge on any atom is 0.242 e. The summed E-state index contributed by atoms with van der Waals surface area (Å²) in [6.07, 6.45) is 2.32. The highest BCUT2D eigenvalue weighted by molar-refractivity contribution is 6.35. The summed E-state index contributed by atoms with van der Waals surface area (Å²) in [6, 6.07) is 4.84. The summed E-state index contributed by atoms with van der Waals surface area (Å²) in [5, 5.41) is 4.06. The highest BCUT2D eigenvalue weighted by atomic mass is 35.5. The first kappa shape index (κ1) is 18.0. The van der Waals surface area contributed by atoms with E-state index in [0.29, 0.717) is 48.8 Å². The van der Waals surface area contributed by atoms with Crippen LogP contribution in [0.25, 0.3) is 0 Å². The Hall–Kier alpha value is -0.850. The van der Waals surface area contributed by atoms with Crippen LogP contribution in [-0.2, 0) is 9.53 Å². The van der Waals surface area contributed by atoms with E-state index in [0.717, 1.165) is 18.4 Å². The molecule has 1 aliphatic heterocycles. The van der Waals surface area contributed by atoms with Gasteiger partial charge in [0.1, 0.15) is 6.04 Å². The van der Waals surface area contributed by atoms with Crippen molar-refractivity contribution >= 4 is 29.1 Å². The first-order valence-electron chi connectivity index (χ1n) is 8.36. The van der Waals surface area contributed by atoms with Crippen molar-refractivity contribution in [3.05, 3.63) is 33.8 Å². The van der Waals surface area contributed by atoms with Gasteiger partial charge in [-0.1, -0.05) is 29.3 Å². The lowest BCUT2D eigenvalue weighted by Gasteiger charge is -2.34. The number of rotatable bonds is 6. The van der Waals surface area contributed by atoms with Crippen LogP contribution in [0.3, 0.4) is 0 Å². The van der Waals surface area contributed by atoms with Crippen molar-refractivity contribution in [2.45, 2.75) is 24.9 Å². The molecule has 0 bridgehead atoms. The van der Waals surface area contributed by atoms with Gasteiger partial charge in [0.25, 0.3) is 0 Å². The Bertz CT molecular complexity index is 589. The lowest BCUT2D eigenvalue weighted by atomic mass is 10.0. The molecular formula is C17H23Cl2N3O2. The molecule has 0 spiro atoms. The number of carbonyl (C=O) groups excluding carboxylic acids is 1. The summed E-state index contributed by atoms with van der Waals surface area (Å²) in [5.74, 6) is 0.475. The Morgan fingerprint density at radius 2 is 2.04 bits per heavy atom. The van der Waals surface area contributed by atoms with Crippen molar-refractivity contribution in [1.82, 2.24) is 10.2 Å². The van der Waals surface area contributed by atoms with Gasteiger partial charge in [-0.15, -0.1) is 0 Å². The summed E-state index contributed by atoms with van der Waals surface area (Å²) in [7, 11) is 0. The molecule has 1 aromatic rings. The standard InChI is InChI=1S/C17H23Cl2N3O2/c18-12-3-4-13(14(19)9-12)16(22-5-7-24-8-6-22)17(23)21-10-15(20)11-1-2-11/h3-4,9,11,15-16H,1-2,5-8,10,20H2,(H,21,23). The predicted molar refractivity (Wildman–Crippen MR) is 95.3 cm³/mol. The van der Waals surface area contributed by atoms with Gasteiger partial charge >= 0.3 is 0 Å². The second-order valence-corrected chi connectivity index (χ2v) is 7.31. The molecule has 2 fully saturated rings. The van der Waals surface area contributed by atoms with Gasteiger partial charge in [-0.3, -0.25) is 9.69 Å². The summed E-state index contributed by atoms with van der Waals surface area (Å²) in [5.41, 5.74) is 6.87. The van der Waals surface area contributed by atoms with Crippen LogP contribution >= 0.6 is 23.2 Å². The number of nitrogens with one attached hydrogen (secondary N) is 1. The van der Waals surface area contributed by atoms with E-state index in [2.05, 4.69) is 10.2 Å². The van der Waals surface area contributed by atoms with Gasteiger partial charge in [0.2, 0.25) is 5.91 Å². The highest BCUT2D eigenvalue weighted by Gasteiger charge is 2.33. The molecule has 0 radical (unpaired) electrons. The Balaban J connectivity index is 1.76. The Kier molecular flexibility index (Phi) is 6.00. The van der Waals surface area contributed by atoms with Crippen LogP contribution in [0.5, 0.6) is 0 Å². The van der Waals surface area contributed by atoms with Gasteiger partial charge in [-0.2, -0.15) is 0 Å². The van der Waals surface area contributed by atoms with Crippen molar-refractivity contribution in [1.29, 1.82) is 0 Å². The highest BCUT2D eigenvalue weighted by Crippen LogP contribution is 2.32. The second kappa shape index (κ2) is 8.02. The van der Waals surface area contributed by atoms with Gasteiger partial charge in [0.15, 0.2) is 0 Å². The fourth-order valence-electron chi connectivity index (χ4n) is 3.07. The average molecular weight is 372 g/mol. The van der Waals surface area contributed by atoms with Crippen LogP contribution < -0.4 is 11.1 Å². The zero-order valence-electron chi connectivity index (χ0n) is 13.5. The molecule has 1 aromatic carbocycles. The van der Waals surface area contributed by atoms with Crippen molar-refractivity contribution in [2.24, 2.45) is 11.7 Å². The predicted octanol–water partition coefficient (Wildman–Crippen LogP) is 2.22. The van der Waals surface area contributed by atoms with Crippen LogP contribution in [0.2, 0.25) is 10.0 Å². The topological polar surface area (TPSA) is 67.6 Å². The number of nitrogens with two attached hydrogens (primary N) is 1. The molecule has 0 aromatic heterocycles. The first-order chi connectivity index (χ1) is 11.6. The number of halogens is 2. The monoisotopic (exact) mass is 371 g/mol. The van der Waals surface area contributed by atoms with Gasteiger partial charge in [-0.05, 0) is 36.5 Å². The summed E-state index contributed by atoms with van der Waals surface area (Å²) >= 11 is 12.4. The van der Waals surface area contributed by atoms with E-state index in [9.17, 15) is 4.79 Å². The zero-order valence-corrected chi connectivity index (χ0v) is 15.0. The normalized spacial score (nSPS) is 21.3. The minimum absolute atomic E-state index is 0.0278. The average Bonchev–Trinajstić information content (AvgIpc) is 3.41. The number of ether oxygens (including phenoxy) is 1. The maximum absolute atomic E-state index is 12.9. The number of hydrogen-bond acceptors (Lipinski definition) is 4. The van der Waals surface area contributed by atoms with E-state index in [-0.39, 0.29) is 11.9 Å². The minimum Gasteiger partial charge on any atom is -0.379 e. The molecule has 24 heavy (non-hydrogen) atoms. The van der Waals surface area contributed by atoms with Crippen LogP contribution in [0.15, 0.2) is 18.2 Å². The van der Waals surface area contributed by atoms with E-state index in [1.54, 1.807) is 12.1 Å². The second-order valence-electron chi connectivity index (χ2n) is 6.46. The molecule has 5 nitrogen and oxygen atoms in total. The molecule has 3 rings (SSSR count). The minimum atomic E-state index is -0.454. The third kappa shape index (κ3) is 4.41. The number of amides is 1. The van der Waals surface area contributed by atoms with Crippen LogP contribution in [-0.4, -0.2) is 49.7 Å². The molecule has 2 unspecified atom stereocenters. The molecular weight excluding hydrogens is 349 g/mol. The quantitative estimate of drug-likeness (QED) is 0.804. The van der Waals surface area contributed by atoms with Crippen LogP contribution in [0.4, 0.5) is 0 Å². The summed E-state index contributed by atoms with van der Waals surface area (Å²) in [4.78, 5) is 15.0. The number of morpholine rings is 1. The van der Waals surface area contributed by atoms with Gasteiger partial charge < -0.3 is 15.8 Å². The van der Waals surface area contributed by atoms with E-state index in [1.165, 1.54) is 0 Å². The van der Waals surface area contributed by atoms with Crippen molar-refractivity contribution in [3.8, 4) is 0 Å². The molecule has 1 amide bonds. The number of benzene rings is 1. The lowest BCUT2D eigenvalue weighted by molar-refractivity contribution is -0.128. The first-order valence-corrected chi connectivity index (χ1v) is 9.12. The largest absolute Gasteiger partial charge is 0.379 e. The molecule has 2 aliphatic rings. The number of hydrogen-bond donors (Lipinski definition) is 2. The molecule has 2 atom stereocenters. The van der Waals surface area contributed by atoms with Crippen molar-refractivity contribution < 1.29 is 9.53 Å². The van der Waals surface area contributed by atoms with E-state index in [4.69, 9.17) is 33.7 Å².